The number of rotatable bonds is 6. The average molecular weight is 589 g/mol. The quantitative estimate of drug-likeness (QED) is 0.207. The molecule has 0 radical (unpaired) electrons. The number of aromatic nitrogens is 2. The van der Waals surface area contributed by atoms with Gasteiger partial charge in [-0.3, -0.25) is 19.4 Å². The van der Waals surface area contributed by atoms with Crippen LogP contribution in [-0.2, 0) is 0 Å². The Hall–Kier alpha value is -4.88. The number of hydrogen-bond donors (Lipinski definition) is 0. The van der Waals surface area contributed by atoms with Gasteiger partial charge >= 0.3 is 0 Å². The van der Waals surface area contributed by atoms with Crippen LogP contribution in [0.25, 0.3) is 0 Å². The number of carbonyl (C=O) groups is 2. The first-order valence-electron chi connectivity index (χ1n) is 11.4. The van der Waals surface area contributed by atoms with E-state index in [1.807, 2.05) is 0 Å². The summed E-state index contributed by atoms with van der Waals surface area (Å²) < 4.78 is 0. The van der Waals surface area contributed by atoms with Gasteiger partial charge in [0, 0.05) is 38.6 Å². The minimum absolute atomic E-state index is 0.0231. The Labute approximate surface area is 235 Å². The molecule has 2 fully saturated rings. The molecule has 2 aliphatic heterocycles. The summed E-state index contributed by atoms with van der Waals surface area (Å²) in [5.74, 6) is 3.55. The Morgan fingerprint density at radius 2 is 1.27 bits per heavy atom. The van der Waals surface area contributed by atoms with Crippen LogP contribution >= 0.6 is 23.2 Å². The van der Waals surface area contributed by atoms with Crippen molar-refractivity contribution in [3.05, 3.63) is 78.3 Å². The maximum absolute atomic E-state index is 13.2. The summed E-state index contributed by atoms with van der Waals surface area (Å²) >= 11 is 11.6. The van der Waals surface area contributed by atoms with Crippen molar-refractivity contribution in [1.82, 2.24) is 29.6 Å². The lowest BCUT2D eigenvalue weighted by Crippen LogP contribution is -2.53. The molecule has 0 N–H and O–H groups in total. The molecule has 2 aromatic heterocycles. The molecule has 18 heteroatoms. The van der Waals surface area contributed by atoms with Crippen molar-refractivity contribution in [3.63, 3.8) is 0 Å². The Balaban J connectivity index is 1.70. The number of nitro groups is 2. The van der Waals surface area contributed by atoms with Gasteiger partial charge in [-0.1, -0.05) is 29.1 Å². The van der Waals surface area contributed by atoms with Crippen LogP contribution in [0.15, 0.2) is 46.9 Å². The van der Waals surface area contributed by atoms with E-state index in [2.05, 4.69) is 32.0 Å². The zero-order valence-corrected chi connectivity index (χ0v) is 22.1. The molecule has 4 heterocycles. The number of nitrogens with zero attached hydrogens (tertiary/aromatic N) is 10. The molecule has 0 aromatic carbocycles. The smallest absolute Gasteiger partial charge is 0.283 e. The van der Waals surface area contributed by atoms with Gasteiger partial charge in [-0.05, 0) is 31.2 Å². The van der Waals surface area contributed by atoms with E-state index in [4.69, 9.17) is 23.2 Å². The third kappa shape index (κ3) is 5.90. The van der Waals surface area contributed by atoms with E-state index in [1.165, 1.54) is 53.4 Å². The lowest BCUT2D eigenvalue weighted by molar-refractivity contribution is -0.486. The fourth-order valence-electron chi connectivity index (χ4n) is 4.11. The van der Waals surface area contributed by atoms with Gasteiger partial charge in [-0.15, -0.1) is 5.92 Å². The topological polar surface area (TPSA) is 184 Å². The first-order chi connectivity index (χ1) is 19.1. The molecule has 0 aliphatic carbocycles. The number of hydrogen-bond acceptors (Lipinski definition) is 8. The van der Waals surface area contributed by atoms with Crippen LogP contribution in [0.2, 0.25) is 10.3 Å². The largest absolute Gasteiger partial charge is 0.304 e. The summed E-state index contributed by atoms with van der Waals surface area (Å²) in [6.45, 7) is 1.50. The van der Waals surface area contributed by atoms with E-state index in [0.29, 0.717) is 0 Å². The van der Waals surface area contributed by atoms with Gasteiger partial charge in [-0.2, -0.15) is 0 Å². The number of carbonyl (C=O) groups excluding carboxylic acids is 2. The molecule has 2 aromatic rings. The van der Waals surface area contributed by atoms with Crippen molar-refractivity contribution in [2.75, 3.05) is 26.2 Å². The molecular formula is C22H18Cl2N10O6. The van der Waals surface area contributed by atoms with Crippen molar-refractivity contribution in [2.45, 2.75) is 13.1 Å². The van der Waals surface area contributed by atoms with E-state index in [9.17, 15) is 29.8 Å². The molecule has 2 aliphatic rings. The fourth-order valence-corrected chi connectivity index (χ4v) is 4.34. The summed E-state index contributed by atoms with van der Waals surface area (Å²) in [4.78, 5) is 61.9. The van der Waals surface area contributed by atoms with E-state index in [1.54, 1.807) is 0 Å². The monoisotopic (exact) mass is 588 g/mol. The van der Waals surface area contributed by atoms with Gasteiger partial charge in [0.25, 0.3) is 23.7 Å². The van der Waals surface area contributed by atoms with Crippen LogP contribution in [0.4, 0.5) is 0 Å². The Morgan fingerprint density at radius 1 is 0.850 bits per heavy atom. The highest BCUT2D eigenvalue weighted by molar-refractivity contribution is 6.29. The molecule has 0 spiro atoms. The maximum atomic E-state index is 13.2. The van der Waals surface area contributed by atoms with Crippen LogP contribution in [0.1, 0.15) is 27.6 Å². The summed E-state index contributed by atoms with van der Waals surface area (Å²) in [6, 6.07) is 5.60. The Bertz CT molecular complexity index is 1370. The molecule has 4 rings (SSSR count). The first-order valence-corrected chi connectivity index (χ1v) is 12.1. The Morgan fingerprint density at radius 3 is 1.60 bits per heavy atom. The van der Waals surface area contributed by atoms with E-state index < -0.39 is 28.0 Å². The molecular weight excluding hydrogens is 571 g/mol. The lowest BCUT2D eigenvalue weighted by atomic mass is 10.2. The van der Waals surface area contributed by atoms with Gasteiger partial charge in [-0.25, -0.2) is 30.2 Å². The molecule has 16 nitrogen and oxygen atoms in total. The van der Waals surface area contributed by atoms with E-state index >= 15 is 0 Å². The predicted molar refractivity (Wildman–Crippen MR) is 140 cm³/mol. The van der Waals surface area contributed by atoms with Crippen LogP contribution in [0.3, 0.4) is 0 Å². The Kier molecular flexibility index (Phi) is 8.36. The minimum Gasteiger partial charge on any atom is -0.304 e. The van der Waals surface area contributed by atoms with Gasteiger partial charge in [0.05, 0.1) is 11.1 Å². The third-order valence-electron chi connectivity index (χ3n) is 5.77. The highest BCUT2D eigenvalue weighted by Crippen LogP contribution is 2.23. The van der Waals surface area contributed by atoms with Crippen molar-refractivity contribution < 1.29 is 19.7 Å². The van der Waals surface area contributed by atoms with Crippen molar-refractivity contribution in [1.29, 1.82) is 0 Å². The summed E-state index contributed by atoms with van der Waals surface area (Å²) in [5, 5.41) is 28.2. The van der Waals surface area contributed by atoms with Crippen LogP contribution in [0, 0.1) is 32.1 Å². The van der Waals surface area contributed by atoms with Crippen LogP contribution in [0.5, 0.6) is 0 Å². The number of pyridine rings is 2. The summed E-state index contributed by atoms with van der Waals surface area (Å²) in [5.41, 5.74) is 0.205. The zero-order chi connectivity index (χ0) is 29.0. The summed E-state index contributed by atoms with van der Waals surface area (Å²) in [7, 11) is 0. The highest BCUT2D eigenvalue weighted by atomic mass is 35.5. The predicted octanol–water partition coefficient (Wildman–Crippen LogP) is 1.44. The number of amides is 2. The first kappa shape index (κ1) is 28.1. The molecule has 40 heavy (non-hydrogen) atoms. The van der Waals surface area contributed by atoms with E-state index in [0.717, 1.165) is 9.80 Å². The normalized spacial score (nSPS) is 17.0. The molecule has 2 amide bonds. The second kappa shape index (κ2) is 11.9. The summed E-state index contributed by atoms with van der Waals surface area (Å²) in [6.07, 6.45) is 1.32. The van der Waals surface area contributed by atoms with Gasteiger partial charge in [0.15, 0.2) is 16.2 Å². The molecule has 0 unspecified atom stereocenters. The highest BCUT2D eigenvalue weighted by Gasteiger charge is 2.45. The van der Waals surface area contributed by atoms with Crippen LogP contribution in [-0.4, -0.2) is 95.7 Å². The van der Waals surface area contributed by atoms with Crippen molar-refractivity contribution >= 4 is 46.9 Å². The average Bonchev–Trinajstić information content (AvgIpc) is 3.51. The molecule has 0 saturated carbocycles. The van der Waals surface area contributed by atoms with Gasteiger partial charge in [0.2, 0.25) is 0 Å². The van der Waals surface area contributed by atoms with Crippen molar-refractivity contribution in [2.24, 2.45) is 10.2 Å². The fraction of sp³-hybridized carbons (Fsp3) is 0.273. The number of guanidine groups is 2. The lowest BCUT2D eigenvalue weighted by Gasteiger charge is -2.32. The number of hydrazone groups is 2. The molecule has 0 bridgehead atoms. The third-order valence-corrected chi connectivity index (χ3v) is 6.22. The van der Waals surface area contributed by atoms with E-state index in [-0.39, 0.29) is 59.5 Å². The van der Waals surface area contributed by atoms with Gasteiger partial charge < -0.3 is 9.80 Å². The zero-order valence-electron chi connectivity index (χ0n) is 20.5. The SMILES string of the molecule is CC#CC(N1CCN(C(=O)c2ccc(Cl)nc2)/C1=N/[N+](=O)[O-])N1CCN(C(=O)c2ccc(Cl)nc2)/C1=N/[N+](=O)[O-]. The second-order valence-electron chi connectivity index (χ2n) is 8.08. The maximum Gasteiger partial charge on any atom is 0.283 e. The standard InChI is InChI=1S/C22H18Cl2N10O6/c1-2-3-18(29-8-10-31(21(29)27-33(37)38)19(35)14-4-6-16(23)25-12-14)30-9-11-32(22(30)28-34(39)40)20(36)15-5-7-17(24)26-13-15/h4-7,12-13,18H,8-11H2,1H3/b27-21+,28-22+. The van der Waals surface area contributed by atoms with Crippen molar-refractivity contribution in [3.8, 4) is 11.8 Å². The molecule has 2 saturated heterocycles. The van der Waals surface area contributed by atoms with Crippen LogP contribution < -0.4 is 0 Å². The number of halogens is 2. The van der Waals surface area contributed by atoms with Gasteiger partial charge in [0.1, 0.15) is 20.5 Å². The second-order valence-corrected chi connectivity index (χ2v) is 8.86. The molecule has 0 atom stereocenters. The minimum atomic E-state index is -1.12. The molecule has 206 valence electrons.